The summed E-state index contributed by atoms with van der Waals surface area (Å²) in [6.45, 7) is 11.9. The van der Waals surface area contributed by atoms with Crippen LogP contribution in [0.4, 0.5) is 0 Å². The molecule has 19 heteroatoms. The predicted octanol–water partition coefficient (Wildman–Crippen LogP) is 23.7. The van der Waals surface area contributed by atoms with Crippen molar-refractivity contribution in [2.24, 2.45) is 17.8 Å². The number of aliphatic hydroxyl groups is 1. The number of esters is 4. The molecule has 0 saturated heterocycles. The zero-order chi connectivity index (χ0) is 73.0. The van der Waals surface area contributed by atoms with Crippen molar-refractivity contribution in [2.75, 3.05) is 39.6 Å². The Morgan fingerprint density at radius 3 is 0.687 bits per heavy atom. The largest absolute Gasteiger partial charge is 0.472 e. The summed E-state index contributed by atoms with van der Waals surface area (Å²) >= 11 is 0. The molecule has 0 radical (unpaired) electrons. The van der Waals surface area contributed by atoms with Gasteiger partial charge in [-0.15, -0.1) is 0 Å². The van der Waals surface area contributed by atoms with Gasteiger partial charge in [0.25, 0.3) is 0 Å². The SMILES string of the molecule is CCCCCCCCCCCCCCCCCCC(=O)OC[C@H](COP(=O)(O)OC[C@@H](O)COP(=O)(O)OC[C@@H](COC(=O)CCCCCCCCCCC(C)C)OC(=O)CCCCCCCCCCCCC(C)C)OC(=O)CCCCCCCCCCCCCCCCCCC(C)C. The second-order valence-electron chi connectivity index (χ2n) is 30.2. The van der Waals surface area contributed by atoms with Gasteiger partial charge in [0, 0.05) is 25.7 Å². The van der Waals surface area contributed by atoms with E-state index in [1.165, 1.54) is 225 Å². The first kappa shape index (κ1) is 97.1. The van der Waals surface area contributed by atoms with Crippen molar-refractivity contribution in [3.05, 3.63) is 0 Å². The molecule has 17 nitrogen and oxygen atoms in total. The maximum Gasteiger partial charge on any atom is 0.472 e. The minimum atomic E-state index is -4.96. The summed E-state index contributed by atoms with van der Waals surface area (Å²) in [6.07, 6.45) is 58.3. The molecule has 0 heterocycles. The Morgan fingerprint density at radius 1 is 0.273 bits per heavy atom. The highest BCUT2D eigenvalue weighted by molar-refractivity contribution is 7.47. The lowest BCUT2D eigenvalue weighted by Crippen LogP contribution is -2.30. The molecular weight excluding hydrogens is 1290 g/mol. The zero-order valence-corrected chi connectivity index (χ0v) is 66.8. The number of hydrogen-bond donors (Lipinski definition) is 3. The van der Waals surface area contributed by atoms with Gasteiger partial charge in [-0.3, -0.25) is 37.3 Å². The van der Waals surface area contributed by atoms with E-state index >= 15 is 0 Å². The summed E-state index contributed by atoms with van der Waals surface area (Å²) < 4.78 is 68.7. The summed E-state index contributed by atoms with van der Waals surface area (Å²) in [6, 6.07) is 0. The molecule has 0 aliphatic carbocycles. The van der Waals surface area contributed by atoms with E-state index < -0.39 is 97.5 Å². The van der Waals surface area contributed by atoms with E-state index in [4.69, 9.17) is 37.0 Å². The molecule has 99 heavy (non-hydrogen) atoms. The standard InChI is InChI=1S/C80H156O17P2/c1-8-9-10-11-12-13-14-15-16-20-23-26-32-40-47-54-61-77(82)90-67-75(96-79(84)63-56-49-42-33-27-24-21-18-17-19-22-25-30-37-44-51-58-71(2)3)69-94-98(86,87)92-65-74(81)66-93-99(88,89)95-70-76(68-91-78(83)62-55-48-41-36-35-39-46-53-60-73(6)7)97-80(85)64-57-50-43-34-29-28-31-38-45-52-59-72(4)5/h71-76,81H,8-70H2,1-7H3,(H,86,87)(H,88,89)/t74-,75-,76-/m1/s1. The molecule has 0 saturated carbocycles. The number of carbonyl (C=O) groups excluding carboxylic acids is 4. The summed E-state index contributed by atoms with van der Waals surface area (Å²) in [5.41, 5.74) is 0. The quantitative estimate of drug-likeness (QED) is 0.0222. The summed E-state index contributed by atoms with van der Waals surface area (Å²) in [5, 5.41) is 10.6. The number of hydrogen-bond acceptors (Lipinski definition) is 15. The average Bonchev–Trinajstić information content (AvgIpc) is 1.29. The molecule has 0 aliphatic heterocycles. The third-order valence-corrected chi connectivity index (χ3v) is 20.5. The molecule has 5 atom stereocenters. The predicted molar refractivity (Wildman–Crippen MR) is 405 cm³/mol. The Morgan fingerprint density at radius 2 is 0.465 bits per heavy atom. The third kappa shape index (κ3) is 74.1. The van der Waals surface area contributed by atoms with Crippen molar-refractivity contribution in [2.45, 2.75) is 433 Å². The highest BCUT2D eigenvalue weighted by Crippen LogP contribution is 2.45. The first-order valence-corrected chi connectivity index (χ1v) is 44.3. The van der Waals surface area contributed by atoms with Crippen molar-refractivity contribution in [1.29, 1.82) is 0 Å². The van der Waals surface area contributed by atoms with Crippen LogP contribution < -0.4 is 0 Å². The molecule has 0 rings (SSSR count). The Bertz CT molecular complexity index is 1920. The summed E-state index contributed by atoms with van der Waals surface area (Å²) in [7, 11) is -9.92. The molecule has 0 fully saturated rings. The smallest absolute Gasteiger partial charge is 0.462 e. The lowest BCUT2D eigenvalue weighted by atomic mass is 10.0. The molecule has 0 bridgehead atoms. The van der Waals surface area contributed by atoms with Crippen molar-refractivity contribution in [3.8, 4) is 0 Å². The van der Waals surface area contributed by atoms with E-state index in [2.05, 4.69) is 48.5 Å². The maximum atomic E-state index is 13.1. The first-order valence-electron chi connectivity index (χ1n) is 41.3. The van der Waals surface area contributed by atoms with Gasteiger partial charge in [-0.25, -0.2) is 9.13 Å². The zero-order valence-electron chi connectivity index (χ0n) is 65.0. The van der Waals surface area contributed by atoms with Gasteiger partial charge in [0.1, 0.15) is 19.3 Å². The average molecular weight is 1450 g/mol. The van der Waals surface area contributed by atoms with Gasteiger partial charge in [-0.2, -0.15) is 0 Å². The topological polar surface area (TPSA) is 237 Å². The van der Waals surface area contributed by atoms with E-state index in [1.54, 1.807) is 0 Å². The van der Waals surface area contributed by atoms with Crippen LogP contribution >= 0.6 is 15.6 Å². The molecular formula is C80H156O17P2. The van der Waals surface area contributed by atoms with Crippen LogP contribution in [-0.2, 0) is 65.4 Å². The number of ether oxygens (including phenoxy) is 4. The minimum Gasteiger partial charge on any atom is -0.462 e. The van der Waals surface area contributed by atoms with Gasteiger partial charge in [-0.1, -0.05) is 363 Å². The van der Waals surface area contributed by atoms with Gasteiger partial charge in [-0.05, 0) is 43.4 Å². The van der Waals surface area contributed by atoms with Crippen LogP contribution in [0.15, 0.2) is 0 Å². The normalized spacial score (nSPS) is 14.0. The van der Waals surface area contributed by atoms with E-state index in [0.29, 0.717) is 25.7 Å². The second-order valence-corrected chi connectivity index (χ2v) is 33.1. The third-order valence-electron chi connectivity index (χ3n) is 18.6. The number of phosphoric ester groups is 2. The number of carbonyl (C=O) groups is 4. The summed E-state index contributed by atoms with van der Waals surface area (Å²) in [4.78, 5) is 73.0. The number of unbranched alkanes of at least 4 members (excludes halogenated alkanes) is 46. The number of aliphatic hydroxyl groups excluding tert-OH is 1. The van der Waals surface area contributed by atoms with Crippen LogP contribution in [-0.4, -0.2) is 96.7 Å². The highest BCUT2D eigenvalue weighted by Gasteiger charge is 2.30. The molecule has 0 aliphatic rings. The lowest BCUT2D eigenvalue weighted by molar-refractivity contribution is -0.161. The molecule has 3 N–H and O–H groups in total. The molecule has 0 amide bonds. The van der Waals surface area contributed by atoms with Gasteiger partial charge < -0.3 is 33.8 Å². The molecule has 0 spiro atoms. The summed E-state index contributed by atoms with van der Waals surface area (Å²) in [5.74, 6) is 0.175. The molecule has 0 aromatic rings. The van der Waals surface area contributed by atoms with Crippen LogP contribution in [0.3, 0.4) is 0 Å². The van der Waals surface area contributed by atoms with Crippen LogP contribution in [0, 0.1) is 17.8 Å². The molecule has 0 aromatic carbocycles. The first-order chi connectivity index (χ1) is 47.7. The van der Waals surface area contributed by atoms with Crippen LogP contribution in [0.1, 0.15) is 414 Å². The Kier molecular flexibility index (Phi) is 69.0. The Labute approximate surface area is 607 Å². The second kappa shape index (κ2) is 70.4. The van der Waals surface area contributed by atoms with Gasteiger partial charge in [0.05, 0.1) is 26.4 Å². The van der Waals surface area contributed by atoms with Crippen molar-refractivity contribution < 1.29 is 80.2 Å². The van der Waals surface area contributed by atoms with Crippen molar-refractivity contribution in [3.63, 3.8) is 0 Å². The van der Waals surface area contributed by atoms with Gasteiger partial charge >= 0.3 is 39.5 Å². The molecule has 2 unspecified atom stereocenters. The highest BCUT2D eigenvalue weighted by atomic mass is 31.2. The van der Waals surface area contributed by atoms with Crippen LogP contribution in [0.2, 0.25) is 0 Å². The Hall–Kier alpha value is -1.94. The van der Waals surface area contributed by atoms with E-state index in [1.807, 2.05) is 0 Å². The van der Waals surface area contributed by atoms with E-state index in [0.717, 1.165) is 108 Å². The van der Waals surface area contributed by atoms with Crippen molar-refractivity contribution in [1.82, 2.24) is 0 Å². The number of rotatable bonds is 78. The Balaban J connectivity index is 5.25. The minimum absolute atomic E-state index is 0.105. The molecule has 0 aromatic heterocycles. The van der Waals surface area contributed by atoms with E-state index in [9.17, 15) is 43.2 Å². The van der Waals surface area contributed by atoms with Crippen LogP contribution in [0.25, 0.3) is 0 Å². The van der Waals surface area contributed by atoms with E-state index in [-0.39, 0.29) is 25.7 Å². The fourth-order valence-electron chi connectivity index (χ4n) is 12.3. The van der Waals surface area contributed by atoms with Gasteiger partial charge in [0.2, 0.25) is 0 Å². The van der Waals surface area contributed by atoms with Crippen molar-refractivity contribution >= 4 is 39.5 Å². The molecule has 588 valence electrons. The number of phosphoric acid groups is 2. The van der Waals surface area contributed by atoms with Crippen LogP contribution in [0.5, 0.6) is 0 Å². The fourth-order valence-corrected chi connectivity index (χ4v) is 13.9. The maximum absolute atomic E-state index is 13.1. The lowest BCUT2D eigenvalue weighted by Gasteiger charge is -2.21. The van der Waals surface area contributed by atoms with Gasteiger partial charge in [0.15, 0.2) is 12.2 Å². The monoisotopic (exact) mass is 1450 g/mol. The fraction of sp³-hybridized carbons (Fsp3) is 0.950.